The highest BCUT2D eigenvalue weighted by molar-refractivity contribution is 6.25. The fourth-order valence-electron chi connectivity index (χ4n) is 3.32. The molecule has 0 saturated carbocycles. The second kappa shape index (κ2) is 5.53. The average Bonchev–Trinajstić information content (AvgIpc) is 2.90. The second-order valence-corrected chi connectivity index (χ2v) is 5.85. The van der Waals surface area contributed by atoms with Crippen LogP contribution in [0.2, 0.25) is 0 Å². The van der Waals surface area contributed by atoms with Crippen molar-refractivity contribution in [3.05, 3.63) is 77.9 Å². The van der Waals surface area contributed by atoms with E-state index in [2.05, 4.69) is 6.58 Å². The number of carbonyl (C=O) groups excluding carboxylic acids is 1. The zero-order chi connectivity index (χ0) is 16.7. The van der Waals surface area contributed by atoms with Crippen LogP contribution >= 0.6 is 0 Å². The van der Waals surface area contributed by atoms with Gasteiger partial charge in [0.1, 0.15) is 5.75 Å². The molecule has 118 valence electrons. The number of benzene rings is 3. The van der Waals surface area contributed by atoms with Gasteiger partial charge in [0.15, 0.2) is 0 Å². The molecule has 1 heterocycles. The third-order valence-electron chi connectivity index (χ3n) is 4.54. The van der Waals surface area contributed by atoms with Crippen LogP contribution in [0.15, 0.2) is 61.2 Å². The first-order valence-electron chi connectivity index (χ1n) is 7.86. The Labute approximate surface area is 140 Å². The summed E-state index contributed by atoms with van der Waals surface area (Å²) in [5, 5.41) is 2.10. The molecular formula is C21H17NO2. The lowest BCUT2D eigenvalue weighted by atomic mass is 10.0. The zero-order valence-electron chi connectivity index (χ0n) is 13.5. The van der Waals surface area contributed by atoms with E-state index in [1.165, 1.54) is 0 Å². The van der Waals surface area contributed by atoms with E-state index in [1.54, 1.807) is 7.11 Å². The Bertz CT molecular complexity index is 957. The van der Waals surface area contributed by atoms with Gasteiger partial charge < -0.3 is 9.64 Å². The lowest BCUT2D eigenvalue weighted by Crippen LogP contribution is -2.25. The molecule has 3 aromatic carbocycles. The predicted octanol–water partition coefficient (Wildman–Crippen LogP) is 4.65. The maximum atomic E-state index is 12.9. The van der Waals surface area contributed by atoms with Gasteiger partial charge in [-0.3, -0.25) is 4.79 Å². The Hall–Kier alpha value is -3.07. The van der Waals surface area contributed by atoms with Gasteiger partial charge in [-0.2, -0.15) is 0 Å². The standard InChI is InChI=1S/C21H17NO2/c1-3-15-9-12-18-20-17(15)5-4-6-19(20)22(21(18)23)13-14-7-10-16(24-2)11-8-14/h3-12H,1,13H2,2H3. The number of amides is 1. The van der Waals surface area contributed by atoms with Gasteiger partial charge in [0, 0.05) is 10.9 Å². The van der Waals surface area contributed by atoms with E-state index in [0.717, 1.165) is 38.9 Å². The molecule has 3 nitrogen and oxygen atoms in total. The van der Waals surface area contributed by atoms with E-state index < -0.39 is 0 Å². The van der Waals surface area contributed by atoms with Crippen LogP contribution in [-0.2, 0) is 6.54 Å². The Morgan fingerprint density at radius 1 is 1.08 bits per heavy atom. The third kappa shape index (κ3) is 2.09. The third-order valence-corrected chi connectivity index (χ3v) is 4.54. The highest BCUT2D eigenvalue weighted by Gasteiger charge is 2.30. The smallest absolute Gasteiger partial charge is 0.259 e. The summed E-state index contributed by atoms with van der Waals surface area (Å²) in [6.45, 7) is 4.41. The molecule has 0 spiro atoms. The lowest BCUT2D eigenvalue weighted by molar-refractivity contribution is 0.0991. The van der Waals surface area contributed by atoms with E-state index in [4.69, 9.17) is 4.74 Å². The lowest BCUT2D eigenvalue weighted by Gasteiger charge is -2.18. The van der Waals surface area contributed by atoms with Crippen molar-refractivity contribution >= 4 is 28.4 Å². The average molecular weight is 315 g/mol. The molecular weight excluding hydrogens is 298 g/mol. The number of carbonyl (C=O) groups is 1. The first kappa shape index (κ1) is 14.5. The van der Waals surface area contributed by atoms with Crippen molar-refractivity contribution in [1.82, 2.24) is 0 Å². The minimum Gasteiger partial charge on any atom is -0.497 e. The van der Waals surface area contributed by atoms with E-state index in [-0.39, 0.29) is 5.91 Å². The van der Waals surface area contributed by atoms with Gasteiger partial charge in [0.05, 0.1) is 19.3 Å². The van der Waals surface area contributed by atoms with Gasteiger partial charge in [-0.25, -0.2) is 0 Å². The maximum absolute atomic E-state index is 12.9. The predicted molar refractivity (Wildman–Crippen MR) is 97.5 cm³/mol. The molecule has 0 unspecified atom stereocenters. The van der Waals surface area contributed by atoms with Gasteiger partial charge in [-0.15, -0.1) is 0 Å². The molecule has 0 radical (unpaired) electrons. The Balaban J connectivity index is 1.79. The van der Waals surface area contributed by atoms with Crippen LogP contribution in [0.25, 0.3) is 16.8 Å². The summed E-state index contributed by atoms with van der Waals surface area (Å²) in [5.74, 6) is 0.861. The van der Waals surface area contributed by atoms with Crippen molar-refractivity contribution in [3.63, 3.8) is 0 Å². The molecule has 0 fully saturated rings. The van der Waals surface area contributed by atoms with Crippen LogP contribution in [0.4, 0.5) is 5.69 Å². The van der Waals surface area contributed by atoms with Crippen LogP contribution in [0, 0.1) is 0 Å². The number of methoxy groups -OCH3 is 1. The van der Waals surface area contributed by atoms with Gasteiger partial charge in [0.2, 0.25) is 0 Å². The number of hydrogen-bond acceptors (Lipinski definition) is 2. The van der Waals surface area contributed by atoms with Crippen molar-refractivity contribution in [2.24, 2.45) is 0 Å². The Morgan fingerprint density at radius 3 is 2.58 bits per heavy atom. The van der Waals surface area contributed by atoms with Gasteiger partial charge >= 0.3 is 0 Å². The van der Waals surface area contributed by atoms with Crippen LogP contribution < -0.4 is 9.64 Å². The summed E-state index contributed by atoms with van der Waals surface area (Å²) < 4.78 is 5.19. The molecule has 1 aliphatic rings. The quantitative estimate of drug-likeness (QED) is 0.701. The number of hydrogen-bond donors (Lipinski definition) is 0. The minimum atomic E-state index is 0.0487. The molecule has 0 saturated heterocycles. The fourth-order valence-corrected chi connectivity index (χ4v) is 3.32. The van der Waals surface area contributed by atoms with E-state index >= 15 is 0 Å². The van der Waals surface area contributed by atoms with Gasteiger partial charge in [-0.1, -0.05) is 43.0 Å². The summed E-state index contributed by atoms with van der Waals surface area (Å²) in [7, 11) is 1.65. The van der Waals surface area contributed by atoms with E-state index in [1.807, 2.05) is 65.6 Å². The van der Waals surface area contributed by atoms with Gasteiger partial charge in [0.25, 0.3) is 5.91 Å². The monoisotopic (exact) mass is 315 g/mol. The Kier molecular flexibility index (Phi) is 3.35. The molecule has 1 amide bonds. The molecule has 4 rings (SSSR count). The summed E-state index contributed by atoms with van der Waals surface area (Å²) in [6.07, 6.45) is 1.83. The van der Waals surface area contributed by atoms with Gasteiger partial charge in [-0.05, 0) is 40.8 Å². The summed E-state index contributed by atoms with van der Waals surface area (Å²) in [4.78, 5) is 14.7. The highest BCUT2D eigenvalue weighted by atomic mass is 16.5. The van der Waals surface area contributed by atoms with Crippen LogP contribution in [0.1, 0.15) is 21.5 Å². The minimum absolute atomic E-state index is 0.0487. The maximum Gasteiger partial charge on any atom is 0.259 e. The van der Waals surface area contributed by atoms with Crippen molar-refractivity contribution in [1.29, 1.82) is 0 Å². The van der Waals surface area contributed by atoms with Crippen molar-refractivity contribution in [3.8, 4) is 5.75 Å². The summed E-state index contributed by atoms with van der Waals surface area (Å²) in [6, 6.07) is 17.7. The molecule has 0 atom stereocenters. The SMILES string of the molecule is C=Cc1ccc2c3c(cccc13)N(Cc1ccc(OC)cc1)C2=O. The molecule has 3 heteroatoms. The molecule has 0 N–H and O–H groups in total. The summed E-state index contributed by atoms with van der Waals surface area (Å²) in [5.41, 5.74) is 3.85. The molecule has 3 aromatic rings. The Morgan fingerprint density at radius 2 is 1.88 bits per heavy atom. The van der Waals surface area contributed by atoms with Crippen molar-refractivity contribution in [2.45, 2.75) is 6.54 Å². The van der Waals surface area contributed by atoms with Crippen LogP contribution in [-0.4, -0.2) is 13.0 Å². The van der Waals surface area contributed by atoms with E-state index in [9.17, 15) is 4.79 Å². The molecule has 0 bridgehead atoms. The number of ether oxygens (including phenoxy) is 1. The first-order valence-corrected chi connectivity index (χ1v) is 7.86. The fraction of sp³-hybridized carbons (Fsp3) is 0.0952. The van der Waals surface area contributed by atoms with Crippen LogP contribution in [0.3, 0.4) is 0 Å². The zero-order valence-corrected chi connectivity index (χ0v) is 13.5. The topological polar surface area (TPSA) is 29.5 Å². The van der Waals surface area contributed by atoms with Crippen molar-refractivity contribution < 1.29 is 9.53 Å². The van der Waals surface area contributed by atoms with Crippen LogP contribution in [0.5, 0.6) is 5.75 Å². The van der Waals surface area contributed by atoms with Crippen molar-refractivity contribution in [2.75, 3.05) is 12.0 Å². The highest BCUT2D eigenvalue weighted by Crippen LogP contribution is 2.39. The normalized spacial score (nSPS) is 12.7. The number of rotatable bonds is 4. The largest absolute Gasteiger partial charge is 0.497 e. The molecule has 0 aromatic heterocycles. The first-order chi connectivity index (χ1) is 11.7. The number of nitrogens with zero attached hydrogens (tertiary/aromatic N) is 1. The van der Waals surface area contributed by atoms with E-state index in [0.29, 0.717) is 6.54 Å². The second-order valence-electron chi connectivity index (χ2n) is 5.85. The molecule has 0 aliphatic carbocycles. The summed E-state index contributed by atoms with van der Waals surface area (Å²) >= 11 is 0. The molecule has 24 heavy (non-hydrogen) atoms. The number of anilines is 1. The molecule has 1 aliphatic heterocycles.